The molecule has 2 rings (SSSR count). The second-order valence-corrected chi connectivity index (χ2v) is 5.75. The summed E-state index contributed by atoms with van der Waals surface area (Å²) >= 11 is 0. The standard InChI is InChI=1S/C16H23FN2O2/c1-11(21-14-6-3-5-13(17)9-14)10-19-16(20)8-12-4-2-7-15(12)18/h3,5-6,9,11-12,15H,2,4,7-8,10,18H2,1H3,(H,19,20)/t11?,12-,15+/m0/s1. The summed E-state index contributed by atoms with van der Waals surface area (Å²) in [5.41, 5.74) is 5.96. The summed E-state index contributed by atoms with van der Waals surface area (Å²) in [4.78, 5) is 11.9. The van der Waals surface area contributed by atoms with Crippen LogP contribution in [0.25, 0.3) is 0 Å². The predicted molar refractivity (Wildman–Crippen MR) is 79.4 cm³/mol. The molecular formula is C16H23FN2O2. The first-order valence-corrected chi connectivity index (χ1v) is 7.49. The van der Waals surface area contributed by atoms with E-state index in [9.17, 15) is 9.18 Å². The van der Waals surface area contributed by atoms with Crippen molar-refractivity contribution in [1.82, 2.24) is 5.32 Å². The van der Waals surface area contributed by atoms with Crippen molar-refractivity contribution in [2.75, 3.05) is 6.54 Å². The fourth-order valence-electron chi connectivity index (χ4n) is 2.70. The third kappa shape index (κ3) is 5.01. The predicted octanol–water partition coefficient (Wildman–Crippen LogP) is 2.23. The Kier molecular flexibility index (Phi) is 5.56. The van der Waals surface area contributed by atoms with E-state index in [1.54, 1.807) is 12.1 Å². The number of nitrogens with one attached hydrogen (secondary N) is 1. The van der Waals surface area contributed by atoms with Crippen molar-refractivity contribution >= 4 is 5.91 Å². The Morgan fingerprint density at radius 3 is 3.00 bits per heavy atom. The zero-order chi connectivity index (χ0) is 15.2. The molecule has 1 aliphatic rings. The fourth-order valence-corrected chi connectivity index (χ4v) is 2.70. The average Bonchev–Trinajstić information content (AvgIpc) is 2.82. The lowest BCUT2D eigenvalue weighted by Crippen LogP contribution is -2.36. The minimum atomic E-state index is -0.334. The van der Waals surface area contributed by atoms with Gasteiger partial charge in [-0.25, -0.2) is 4.39 Å². The molecule has 1 unspecified atom stereocenters. The zero-order valence-electron chi connectivity index (χ0n) is 12.3. The van der Waals surface area contributed by atoms with Crippen LogP contribution in [0, 0.1) is 11.7 Å². The Bertz CT molecular complexity index is 481. The van der Waals surface area contributed by atoms with Crippen LogP contribution in [0.1, 0.15) is 32.6 Å². The minimum Gasteiger partial charge on any atom is -0.489 e. The van der Waals surface area contributed by atoms with E-state index in [1.807, 2.05) is 6.92 Å². The monoisotopic (exact) mass is 294 g/mol. The number of nitrogens with two attached hydrogens (primary N) is 1. The lowest BCUT2D eigenvalue weighted by atomic mass is 10.00. The van der Waals surface area contributed by atoms with Crippen LogP contribution in [0.3, 0.4) is 0 Å². The lowest BCUT2D eigenvalue weighted by Gasteiger charge is -2.18. The van der Waals surface area contributed by atoms with Crippen LogP contribution in [0.5, 0.6) is 5.75 Å². The van der Waals surface area contributed by atoms with Crippen LogP contribution in [0.2, 0.25) is 0 Å². The van der Waals surface area contributed by atoms with E-state index in [2.05, 4.69) is 5.32 Å². The molecule has 1 aromatic rings. The van der Waals surface area contributed by atoms with Gasteiger partial charge in [-0.2, -0.15) is 0 Å². The van der Waals surface area contributed by atoms with Gasteiger partial charge in [-0.05, 0) is 37.8 Å². The third-order valence-electron chi connectivity index (χ3n) is 3.89. The van der Waals surface area contributed by atoms with E-state index in [1.165, 1.54) is 12.1 Å². The van der Waals surface area contributed by atoms with Crippen molar-refractivity contribution in [3.8, 4) is 5.75 Å². The second kappa shape index (κ2) is 7.41. The zero-order valence-corrected chi connectivity index (χ0v) is 12.3. The van der Waals surface area contributed by atoms with Crippen LogP contribution in [0.15, 0.2) is 24.3 Å². The van der Waals surface area contributed by atoms with Gasteiger partial charge < -0.3 is 15.8 Å². The van der Waals surface area contributed by atoms with E-state index >= 15 is 0 Å². The normalized spacial score (nSPS) is 22.8. The second-order valence-electron chi connectivity index (χ2n) is 5.75. The minimum absolute atomic E-state index is 0.00652. The molecule has 1 amide bonds. The molecule has 1 aliphatic carbocycles. The van der Waals surface area contributed by atoms with Gasteiger partial charge in [-0.15, -0.1) is 0 Å². The van der Waals surface area contributed by atoms with Gasteiger partial charge in [0.2, 0.25) is 5.91 Å². The highest BCUT2D eigenvalue weighted by Gasteiger charge is 2.26. The first-order chi connectivity index (χ1) is 10.0. The van der Waals surface area contributed by atoms with Gasteiger partial charge in [0.1, 0.15) is 17.7 Å². The molecule has 4 nitrogen and oxygen atoms in total. The molecule has 116 valence electrons. The van der Waals surface area contributed by atoms with E-state index in [0.29, 0.717) is 24.6 Å². The van der Waals surface area contributed by atoms with Crippen LogP contribution in [-0.4, -0.2) is 24.6 Å². The summed E-state index contributed by atoms with van der Waals surface area (Å²) in [7, 11) is 0. The molecule has 1 saturated carbocycles. The van der Waals surface area contributed by atoms with Crippen molar-refractivity contribution in [2.24, 2.45) is 11.7 Å². The summed E-state index contributed by atoms with van der Waals surface area (Å²) in [5, 5.41) is 2.85. The number of ether oxygens (including phenoxy) is 1. The molecule has 0 aliphatic heterocycles. The highest BCUT2D eigenvalue weighted by atomic mass is 19.1. The molecule has 0 bridgehead atoms. The molecule has 0 spiro atoms. The van der Waals surface area contributed by atoms with E-state index in [4.69, 9.17) is 10.5 Å². The van der Waals surface area contributed by atoms with Gasteiger partial charge in [0.05, 0.1) is 6.54 Å². The highest BCUT2D eigenvalue weighted by molar-refractivity contribution is 5.76. The molecule has 3 N–H and O–H groups in total. The SMILES string of the molecule is CC(CNC(=O)C[C@@H]1CCC[C@H]1N)Oc1cccc(F)c1. The van der Waals surface area contributed by atoms with Crippen LogP contribution in [0.4, 0.5) is 4.39 Å². The maximum Gasteiger partial charge on any atom is 0.220 e. The van der Waals surface area contributed by atoms with Gasteiger partial charge in [0, 0.05) is 18.5 Å². The first kappa shape index (κ1) is 15.8. The van der Waals surface area contributed by atoms with Crippen molar-refractivity contribution < 1.29 is 13.9 Å². The van der Waals surface area contributed by atoms with Crippen LogP contribution < -0.4 is 15.8 Å². The van der Waals surface area contributed by atoms with Crippen molar-refractivity contribution in [3.63, 3.8) is 0 Å². The number of halogens is 1. The van der Waals surface area contributed by atoms with E-state index in [0.717, 1.165) is 19.3 Å². The third-order valence-corrected chi connectivity index (χ3v) is 3.89. The van der Waals surface area contributed by atoms with Crippen LogP contribution >= 0.6 is 0 Å². The molecule has 1 aromatic carbocycles. The van der Waals surface area contributed by atoms with Gasteiger partial charge >= 0.3 is 0 Å². The van der Waals surface area contributed by atoms with Crippen molar-refractivity contribution in [1.29, 1.82) is 0 Å². The van der Waals surface area contributed by atoms with Gasteiger partial charge in [-0.3, -0.25) is 4.79 Å². The molecule has 0 saturated heterocycles. The number of hydrogen-bond acceptors (Lipinski definition) is 3. The first-order valence-electron chi connectivity index (χ1n) is 7.49. The Morgan fingerprint density at radius 1 is 1.52 bits per heavy atom. The Labute approximate surface area is 124 Å². The fraction of sp³-hybridized carbons (Fsp3) is 0.562. The lowest BCUT2D eigenvalue weighted by molar-refractivity contribution is -0.122. The molecule has 5 heteroatoms. The van der Waals surface area contributed by atoms with Gasteiger partial charge in [0.15, 0.2) is 0 Å². The summed E-state index contributed by atoms with van der Waals surface area (Å²) in [5.74, 6) is 0.435. The maximum atomic E-state index is 13.0. The summed E-state index contributed by atoms with van der Waals surface area (Å²) in [6.07, 6.45) is 3.42. The Morgan fingerprint density at radius 2 is 2.33 bits per heavy atom. The molecule has 0 heterocycles. The topological polar surface area (TPSA) is 64.4 Å². The van der Waals surface area contributed by atoms with Crippen molar-refractivity contribution in [3.05, 3.63) is 30.1 Å². The maximum absolute atomic E-state index is 13.0. The number of carbonyl (C=O) groups excluding carboxylic acids is 1. The van der Waals surface area contributed by atoms with Gasteiger partial charge in [-0.1, -0.05) is 12.5 Å². The number of carbonyl (C=O) groups is 1. The Hall–Kier alpha value is -1.62. The highest BCUT2D eigenvalue weighted by Crippen LogP contribution is 2.26. The number of amides is 1. The Balaban J connectivity index is 1.70. The molecule has 0 radical (unpaired) electrons. The van der Waals surface area contributed by atoms with Crippen LogP contribution in [-0.2, 0) is 4.79 Å². The molecule has 3 atom stereocenters. The number of benzene rings is 1. The molecular weight excluding hydrogens is 271 g/mol. The van der Waals surface area contributed by atoms with E-state index in [-0.39, 0.29) is 23.9 Å². The largest absolute Gasteiger partial charge is 0.489 e. The molecule has 21 heavy (non-hydrogen) atoms. The number of rotatable bonds is 6. The van der Waals surface area contributed by atoms with Gasteiger partial charge in [0.25, 0.3) is 0 Å². The summed E-state index contributed by atoms with van der Waals surface area (Å²) in [6.45, 7) is 2.24. The average molecular weight is 294 g/mol. The quantitative estimate of drug-likeness (QED) is 0.845. The smallest absolute Gasteiger partial charge is 0.220 e. The van der Waals surface area contributed by atoms with E-state index < -0.39 is 0 Å². The number of hydrogen-bond donors (Lipinski definition) is 2. The molecule has 1 fully saturated rings. The summed E-state index contributed by atoms with van der Waals surface area (Å²) < 4.78 is 18.6. The molecule has 0 aromatic heterocycles. The van der Waals surface area contributed by atoms with Crippen molar-refractivity contribution in [2.45, 2.75) is 44.8 Å². The summed E-state index contributed by atoms with van der Waals surface area (Å²) in [6, 6.07) is 6.13.